The lowest BCUT2D eigenvalue weighted by Gasteiger charge is -2.32. The molecule has 2 aromatic carbocycles. The van der Waals surface area contributed by atoms with E-state index in [-0.39, 0.29) is 5.78 Å². The largest absolute Gasteiger partial charge is 0.313 e. The van der Waals surface area contributed by atoms with Crippen LogP contribution in [0.15, 0.2) is 48.5 Å². The molecule has 24 heavy (non-hydrogen) atoms. The molecule has 0 radical (unpaired) electrons. The van der Waals surface area contributed by atoms with Crippen LogP contribution in [0.4, 0.5) is 5.69 Å². The number of hydrogen-bond donors (Lipinski definition) is 0. The normalized spacial score (nSPS) is 24.7. The molecule has 2 aliphatic rings. The predicted molar refractivity (Wildman–Crippen MR) is 94.9 cm³/mol. The fourth-order valence-corrected chi connectivity index (χ4v) is 6.74. The lowest BCUT2D eigenvalue weighted by molar-refractivity contribution is 0.0982. The number of rotatable bonds is 4. The van der Waals surface area contributed by atoms with E-state index in [0.29, 0.717) is 18.7 Å². The minimum Gasteiger partial charge on any atom is -0.313 e. The lowest BCUT2D eigenvalue weighted by Crippen LogP contribution is -2.25. The number of carbonyl (C=O) groups is 1. The Balaban J connectivity index is 1.90. The van der Waals surface area contributed by atoms with Crippen molar-refractivity contribution in [2.75, 3.05) is 17.8 Å². The van der Waals surface area contributed by atoms with Crippen LogP contribution in [0.3, 0.4) is 0 Å². The van der Waals surface area contributed by atoms with E-state index in [1.165, 1.54) is 5.56 Å². The molecule has 0 saturated carbocycles. The summed E-state index contributed by atoms with van der Waals surface area (Å²) in [5.74, 6) is -0.116. The molecule has 0 aliphatic carbocycles. The van der Waals surface area contributed by atoms with Gasteiger partial charge in [-0.25, -0.2) is 0 Å². The average molecular weight is 341 g/mol. The van der Waals surface area contributed by atoms with E-state index in [1.54, 1.807) is 12.1 Å². The number of para-hydroxylation sites is 1. The number of ketones is 1. The van der Waals surface area contributed by atoms with Gasteiger partial charge in [-0.1, -0.05) is 48.5 Å². The number of anilines is 1. The van der Waals surface area contributed by atoms with E-state index in [9.17, 15) is 9.36 Å². The zero-order valence-corrected chi connectivity index (χ0v) is 14.5. The molecule has 2 heterocycles. The molecule has 2 aliphatic heterocycles. The predicted octanol–water partition coefficient (Wildman–Crippen LogP) is 4.61. The third-order valence-electron chi connectivity index (χ3n) is 4.80. The Bertz CT molecular complexity index is 834. The summed E-state index contributed by atoms with van der Waals surface area (Å²) in [4.78, 5) is 13.2. The molecule has 0 fully saturated rings. The maximum atomic E-state index is 13.8. The van der Waals surface area contributed by atoms with Crippen molar-refractivity contribution in [2.24, 2.45) is 0 Å². The molecular formula is C19H20NO3P. The van der Waals surface area contributed by atoms with Gasteiger partial charge in [0.1, 0.15) is 5.66 Å². The summed E-state index contributed by atoms with van der Waals surface area (Å²) in [6.45, 7) is 2.84. The summed E-state index contributed by atoms with van der Waals surface area (Å²) in [7, 11) is -3.29. The number of aryl methyl sites for hydroxylation is 1. The highest BCUT2D eigenvalue weighted by atomic mass is 31.2. The molecule has 0 N–H and O–H groups in total. The van der Waals surface area contributed by atoms with E-state index < -0.39 is 13.2 Å². The molecule has 124 valence electrons. The second-order valence-corrected chi connectivity index (χ2v) is 8.58. The van der Waals surface area contributed by atoms with Gasteiger partial charge in [-0.05, 0) is 30.9 Å². The fraction of sp³-hybridized carbons (Fsp3) is 0.316. The summed E-state index contributed by atoms with van der Waals surface area (Å²) in [5.41, 5.74) is 2.85. The van der Waals surface area contributed by atoms with Crippen LogP contribution in [0.1, 0.15) is 40.5 Å². The minimum atomic E-state index is -3.29. The third-order valence-corrected chi connectivity index (χ3v) is 7.67. The number of carbonyl (C=O) groups excluding carboxylic acids is 1. The standard InChI is InChI=1S/C19H20NO3P/c1-2-23-24(22)19(18(21)15-8-4-3-5-9-15)16-12-6-10-14-11-7-13-20(24)17(14)16/h3-6,8-10,12,19H,2,7,11,13H2,1H3/t19-,24+/m1/s1. The van der Waals surface area contributed by atoms with Crippen molar-refractivity contribution in [2.45, 2.75) is 25.4 Å². The van der Waals surface area contributed by atoms with Gasteiger partial charge in [0.2, 0.25) is 0 Å². The summed E-state index contributed by atoms with van der Waals surface area (Å²) in [5, 5.41) is 0. The Morgan fingerprint density at radius 2 is 2.00 bits per heavy atom. The van der Waals surface area contributed by atoms with Crippen molar-refractivity contribution >= 4 is 19.0 Å². The van der Waals surface area contributed by atoms with Gasteiger partial charge in [-0.2, -0.15) is 0 Å². The van der Waals surface area contributed by atoms with E-state index in [0.717, 1.165) is 24.1 Å². The van der Waals surface area contributed by atoms with E-state index >= 15 is 0 Å². The number of hydrogen-bond acceptors (Lipinski definition) is 3. The molecule has 0 aromatic heterocycles. The van der Waals surface area contributed by atoms with Crippen LogP contribution in [0, 0.1) is 0 Å². The van der Waals surface area contributed by atoms with Gasteiger partial charge in [-0.3, -0.25) is 9.36 Å². The van der Waals surface area contributed by atoms with Gasteiger partial charge in [0.15, 0.2) is 5.78 Å². The molecule has 0 bridgehead atoms. The first-order valence-electron chi connectivity index (χ1n) is 8.40. The monoisotopic (exact) mass is 341 g/mol. The molecule has 5 heteroatoms. The Kier molecular flexibility index (Phi) is 3.82. The zero-order chi connectivity index (χ0) is 16.7. The van der Waals surface area contributed by atoms with Crippen LogP contribution < -0.4 is 4.67 Å². The fourth-order valence-electron chi connectivity index (χ4n) is 3.85. The molecule has 0 amide bonds. The molecular weight excluding hydrogens is 321 g/mol. The van der Waals surface area contributed by atoms with Gasteiger partial charge >= 0.3 is 7.52 Å². The van der Waals surface area contributed by atoms with Gasteiger partial charge in [0.25, 0.3) is 0 Å². The molecule has 0 spiro atoms. The van der Waals surface area contributed by atoms with Crippen LogP contribution in [0.5, 0.6) is 0 Å². The van der Waals surface area contributed by atoms with Crippen molar-refractivity contribution in [1.29, 1.82) is 0 Å². The van der Waals surface area contributed by atoms with Crippen molar-refractivity contribution in [1.82, 2.24) is 0 Å². The van der Waals surface area contributed by atoms with Crippen LogP contribution in [0.2, 0.25) is 0 Å². The van der Waals surface area contributed by atoms with Gasteiger partial charge < -0.3 is 9.19 Å². The second kappa shape index (κ2) is 5.87. The van der Waals surface area contributed by atoms with E-state index in [1.807, 2.05) is 41.9 Å². The second-order valence-electron chi connectivity index (χ2n) is 6.20. The quantitative estimate of drug-likeness (QED) is 0.602. The highest BCUT2D eigenvalue weighted by Crippen LogP contribution is 2.72. The highest BCUT2D eigenvalue weighted by Gasteiger charge is 2.54. The Hall–Kier alpha value is -1.90. The SMILES string of the molecule is CCO[P@@]1(=O)[C@@H](C(=O)c2ccccc2)c2cccc3c2N1CCC3. The smallest absolute Gasteiger partial charge is 0.311 e. The maximum absolute atomic E-state index is 13.8. The van der Waals surface area contributed by atoms with Crippen LogP contribution in [-0.2, 0) is 15.5 Å². The van der Waals surface area contributed by atoms with Crippen molar-refractivity contribution in [3.05, 3.63) is 65.2 Å². The highest BCUT2D eigenvalue weighted by molar-refractivity contribution is 7.62. The number of benzene rings is 2. The van der Waals surface area contributed by atoms with Crippen molar-refractivity contribution in [3.63, 3.8) is 0 Å². The van der Waals surface area contributed by atoms with E-state index in [2.05, 4.69) is 6.07 Å². The number of nitrogens with zero attached hydrogens (tertiary/aromatic N) is 1. The van der Waals surface area contributed by atoms with Crippen molar-refractivity contribution < 1.29 is 13.9 Å². The van der Waals surface area contributed by atoms with Crippen molar-refractivity contribution in [3.8, 4) is 0 Å². The molecule has 4 nitrogen and oxygen atoms in total. The van der Waals surface area contributed by atoms with Gasteiger partial charge in [-0.15, -0.1) is 0 Å². The molecule has 4 rings (SSSR count). The summed E-state index contributed by atoms with van der Waals surface area (Å²) in [6.07, 6.45) is 1.89. The number of Topliss-reactive ketones (excluding diaryl/α,β-unsaturated/α-hetero) is 1. The zero-order valence-electron chi connectivity index (χ0n) is 13.6. The van der Waals surface area contributed by atoms with Gasteiger partial charge in [0.05, 0.1) is 12.3 Å². The lowest BCUT2D eigenvalue weighted by atomic mass is 9.95. The summed E-state index contributed by atoms with van der Waals surface area (Å²) >= 11 is 0. The third kappa shape index (κ3) is 2.17. The topological polar surface area (TPSA) is 46.6 Å². The average Bonchev–Trinajstić information content (AvgIpc) is 2.86. The molecule has 0 saturated heterocycles. The Morgan fingerprint density at radius 1 is 1.21 bits per heavy atom. The minimum absolute atomic E-state index is 0.116. The van der Waals surface area contributed by atoms with Crippen LogP contribution in [-0.4, -0.2) is 18.9 Å². The van der Waals surface area contributed by atoms with E-state index in [4.69, 9.17) is 4.52 Å². The maximum Gasteiger partial charge on any atom is 0.311 e. The first kappa shape index (κ1) is 15.6. The molecule has 2 aromatic rings. The first-order chi connectivity index (χ1) is 11.7. The Morgan fingerprint density at radius 3 is 2.75 bits per heavy atom. The van der Waals surface area contributed by atoms with Gasteiger partial charge in [0, 0.05) is 12.1 Å². The Labute approximate surface area is 141 Å². The molecule has 2 atom stereocenters. The first-order valence-corrected chi connectivity index (χ1v) is 10.0. The van der Waals surface area contributed by atoms with Crippen LogP contribution >= 0.6 is 7.52 Å². The summed E-state index contributed by atoms with van der Waals surface area (Å²) < 4.78 is 21.5. The molecule has 0 unspecified atom stereocenters. The summed E-state index contributed by atoms with van der Waals surface area (Å²) in [6, 6.07) is 15.1. The van der Waals surface area contributed by atoms with Crippen LogP contribution in [0.25, 0.3) is 0 Å².